The van der Waals surface area contributed by atoms with Gasteiger partial charge in [0.1, 0.15) is 0 Å². The first-order chi connectivity index (χ1) is 10.8. The van der Waals surface area contributed by atoms with E-state index < -0.39 is 0 Å². The van der Waals surface area contributed by atoms with Gasteiger partial charge in [0, 0.05) is 18.8 Å². The van der Waals surface area contributed by atoms with Crippen molar-refractivity contribution in [1.29, 1.82) is 0 Å². The van der Waals surface area contributed by atoms with Crippen LogP contribution in [0.4, 0.5) is 5.69 Å². The fourth-order valence-electron chi connectivity index (χ4n) is 3.13. The van der Waals surface area contributed by atoms with Crippen molar-refractivity contribution in [3.8, 4) is 0 Å². The molecule has 3 nitrogen and oxygen atoms in total. The zero-order chi connectivity index (χ0) is 15.4. The number of benzene rings is 2. The van der Waals surface area contributed by atoms with Crippen molar-refractivity contribution in [3.63, 3.8) is 0 Å². The number of nitrogens with zero attached hydrogens (tertiary/aromatic N) is 1. The van der Waals surface area contributed by atoms with Gasteiger partial charge in [-0.05, 0) is 23.6 Å². The lowest BCUT2D eigenvalue weighted by Gasteiger charge is -2.46. The van der Waals surface area contributed by atoms with Gasteiger partial charge in [-0.3, -0.25) is 9.69 Å². The molecule has 0 saturated carbocycles. The highest BCUT2D eigenvalue weighted by Crippen LogP contribution is 2.30. The summed E-state index contributed by atoms with van der Waals surface area (Å²) in [6, 6.07) is 20.0. The van der Waals surface area contributed by atoms with Crippen molar-refractivity contribution in [2.75, 3.05) is 11.9 Å². The predicted molar refractivity (Wildman–Crippen MR) is 89.5 cm³/mol. The fraction of sp³-hybridized carbons (Fsp3) is 0.316. The van der Waals surface area contributed by atoms with Crippen molar-refractivity contribution in [3.05, 3.63) is 66.2 Å². The van der Waals surface area contributed by atoms with Crippen LogP contribution < -0.4 is 5.32 Å². The zero-order valence-electron chi connectivity index (χ0n) is 12.9. The van der Waals surface area contributed by atoms with E-state index in [1.807, 2.05) is 48.5 Å². The third-order valence-electron chi connectivity index (χ3n) is 4.37. The van der Waals surface area contributed by atoms with E-state index in [9.17, 15) is 4.79 Å². The molecule has 0 radical (unpaired) electrons. The SMILES string of the molecule is CC[C@H]1CN(Cc2ccccc2)C1C(=O)Nc1ccccc1. The Morgan fingerprint density at radius 3 is 2.36 bits per heavy atom. The minimum atomic E-state index is -0.0228. The first-order valence-electron chi connectivity index (χ1n) is 7.92. The van der Waals surface area contributed by atoms with Gasteiger partial charge < -0.3 is 5.32 Å². The number of carbonyl (C=O) groups is 1. The Balaban J connectivity index is 1.67. The molecule has 1 saturated heterocycles. The van der Waals surface area contributed by atoms with Gasteiger partial charge >= 0.3 is 0 Å². The van der Waals surface area contributed by atoms with Crippen LogP contribution in [0.5, 0.6) is 0 Å². The highest BCUT2D eigenvalue weighted by molar-refractivity contribution is 5.95. The Morgan fingerprint density at radius 1 is 1.09 bits per heavy atom. The molecule has 3 rings (SSSR count). The topological polar surface area (TPSA) is 32.3 Å². The number of carbonyl (C=O) groups excluding carboxylic acids is 1. The minimum absolute atomic E-state index is 0.0228. The molecule has 0 aliphatic carbocycles. The van der Waals surface area contributed by atoms with Crippen LogP contribution in [-0.4, -0.2) is 23.4 Å². The summed E-state index contributed by atoms with van der Waals surface area (Å²) >= 11 is 0. The fourth-order valence-corrected chi connectivity index (χ4v) is 3.13. The van der Waals surface area contributed by atoms with Gasteiger partial charge in [-0.2, -0.15) is 0 Å². The average Bonchev–Trinajstić information content (AvgIpc) is 2.53. The molecular weight excluding hydrogens is 272 g/mol. The molecule has 1 aliphatic heterocycles. The van der Waals surface area contributed by atoms with Crippen LogP contribution in [0.1, 0.15) is 18.9 Å². The lowest BCUT2D eigenvalue weighted by Crippen LogP contribution is -2.60. The standard InChI is InChI=1S/C19H22N2O/c1-2-16-14-21(13-15-9-5-3-6-10-15)18(16)19(22)20-17-11-7-4-8-12-17/h3-12,16,18H,2,13-14H2,1H3,(H,20,22)/t16-,18?/m0/s1. The maximum Gasteiger partial charge on any atom is 0.242 e. The predicted octanol–water partition coefficient (Wildman–Crippen LogP) is 3.54. The van der Waals surface area contributed by atoms with Gasteiger partial charge in [0.05, 0.1) is 6.04 Å². The molecule has 1 heterocycles. The summed E-state index contributed by atoms with van der Waals surface area (Å²) in [5.41, 5.74) is 2.13. The van der Waals surface area contributed by atoms with Crippen LogP contribution >= 0.6 is 0 Å². The Hall–Kier alpha value is -2.13. The van der Waals surface area contributed by atoms with Crippen molar-refractivity contribution < 1.29 is 4.79 Å². The van der Waals surface area contributed by atoms with Gasteiger partial charge in [0.25, 0.3) is 0 Å². The Kier molecular flexibility index (Phi) is 4.54. The second-order valence-corrected chi connectivity index (χ2v) is 5.88. The van der Waals surface area contributed by atoms with Gasteiger partial charge in [0.2, 0.25) is 5.91 Å². The number of anilines is 1. The second kappa shape index (κ2) is 6.75. The maximum absolute atomic E-state index is 12.6. The molecule has 1 N–H and O–H groups in total. The van der Waals surface area contributed by atoms with Gasteiger partial charge in [-0.25, -0.2) is 0 Å². The molecule has 22 heavy (non-hydrogen) atoms. The molecule has 1 fully saturated rings. The van der Waals surface area contributed by atoms with Crippen LogP contribution in [0.3, 0.4) is 0 Å². The molecule has 3 heteroatoms. The van der Waals surface area contributed by atoms with Gasteiger partial charge in [-0.15, -0.1) is 0 Å². The molecule has 0 spiro atoms. The van der Waals surface area contributed by atoms with Crippen LogP contribution in [-0.2, 0) is 11.3 Å². The second-order valence-electron chi connectivity index (χ2n) is 5.88. The minimum Gasteiger partial charge on any atom is -0.325 e. The van der Waals surface area contributed by atoms with E-state index in [4.69, 9.17) is 0 Å². The Labute approximate surface area is 132 Å². The first kappa shape index (κ1) is 14.8. The zero-order valence-corrected chi connectivity index (χ0v) is 12.9. The van der Waals surface area contributed by atoms with E-state index in [1.54, 1.807) is 0 Å². The molecule has 0 aromatic heterocycles. The number of amides is 1. The number of nitrogens with one attached hydrogen (secondary N) is 1. The first-order valence-corrected chi connectivity index (χ1v) is 7.92. The molecule has 1 aliphatic rings. The average molecular weight is 294 g/mol. The smallest absolute Gasteiger partial charge is 0.242 e. The van der Waals surface area contributed by atoms with Crippen LogP contribution in [0.2, 0.25) is 0 Å². The van der Waals surface area contributed by atoms with E-state index in [1.165, 1.54) is 5.56 Å². The van der Waals surface area contributed by atoms with Crippen LogP contribution in [0.15, 0.2) is 60.7 Å². The summed E-state index contributed by atoms with van der Waals surface area (Å²) in [4.78, 5) is 14.9. The van der Waals surface area contributed by atoms with Crippen LogP contribution in [0, 0.1) is 5.92 Å². The van der Waals surface area contributed by atoms with E-state index >= 15 is 0 Å². The highest BCUT2D eigenvalue weighted by Gasteiger charge is 2.42. The van der Waals surface area contributed by atoms with Gasteiger partial charge in [-0.1, -0.05) is 61.9 Å². The molecule has 1 amide bonds. The van der Waals surface area contributed by atoms with Crippen molar-refractivity contribution in [2.24, 2.45) is 5.92 Å². The van der Waals surface area contributed by atoms with E-state index in [0.717, 1.165) is 25.2 Å². The molecule has 2 aromatic rings. The van der Waals surface area contributed by atoms with Gasteiger partial charge in [0.15, 0.2) is 0 Å². The Bertz CT molecular complexity index is 612. The molecule has 2 aromatic carbocycles. The molecule has 114 valence electrons. The van der Waals surface area contributed by atoms with Crippen molar-refractivity contribution >= 4 is 11.6 Å². The molecule has 2 atom stereocenters. The molecule has 1 unspecified atom stereocenters. The summed E-state index contributed by atoms with van der Waals surface area (Å²) in [5.74, 6) is 0.563. The third kappa shape index (κ3) is 3.20. The summed E-state index contributed by atoms with van der Waals surface area (Å²) in [5, 5.41) is 3.04. The van der Waals surface area contributed by atoms with Crippen LogP contribution in [0.25, 0.3) is 0 Å². The third-order valence-corrected chi connectivity index (χ3v) is 4.37. The van der Waals surface area contributed by atoms with Crippen molar-refractivity contribution in [1.82, 2.24) is 4.90 Å². The van der Waals surface area contributed by atoms with E-state index in [2.05, 4.69) is 29.3 Å². The van der Waals surface area contributed by atoms with E-state index in [0.29, 0.717) is 5.92 Å². The number of likely N-dealkylation sites (tertiary alicyclic amines) is 1. The summed E-state index contributed by atoms with van der Waals surface area (Å²) in [6.07, 6.45) is 1.04. The Morgan fingerprint density at radius 2 is 1.73 bits per heavy atom. The maximum atomic E-state index is 12.6. The molecular formula is C19H22N2O. The lowest BCUT2D eigenvalue weighted by atomic mass is 9.85. The summed E-state index contributed by atoms with van der Waals surface area (Å²) in [7, 11) is 0. The van der Waals surface area contributed by atoms with Crippen molar-refractivity contribution in [2.45, 2.75) is 25.9 Å². The highest BCUT2D eigenvalue weighted by atomic mass is 16.2. The summed E-state index contributed by atoms with van der Waals surface area (Å²) in [6.45, 7) is 4.00. The summed E-state index contributed by atoms with van der Waals surface area (Å²) < 4.78 is 0. The lowest BCUT2D eigenvalue weighted by molar-refractivity contribution is -0.131. The largest absolute Gasteiger partial charge is 0.325 e. The number of hydrogen-bond donors (Lipinski definition) is 1. The van der Waals surface area contributed by atoms with E-state index in [-0.39, 0.29) is 11.9 Å². The number of hydrogen-bond acceptors (Lipinski definition) is 2. The quantitative estimate of drug-likeness (QED) is 0.915. The normalized spacial score (nSPS) is 21.1. The molecule has 0 bridgehead atoms. The number of rotatable bonds is 5. The number of para-hydroxylation sites is 1. The monoisotopic (exact) mass is 294 g/mol.